The molecule has 4 amide bonds. The van der Waals surface area contributed by atoms with Gasteiger partial charge in [-0.15, -0.1) is 0 Å². The fourth-order valence-corrected chi connectivity index (χ4v) is 3.02. The Bertz CT molecular complexity index is 895. The number of anilines is 1. The van der Waals surface area contributed by atoms with E-state index in [1.807, 2.05) is 37.3 Å². The Labute approximate surface area is 162 Å². The van der Waals surface area contributed by atoms with Crippen LogP contribution in [-0.2, 0) is 14.4 Å². The molecule has 144 valence electrons. The molecule has 28 heavy (non-hydrogen) atoms. The Balaban J connectivity index is 1.68. The zero-order valence-electron chi connectivity index (χ0n) is 15.5. The molecule has 2 N–H and O–H groups in total. The van der Waals surface area contributed by atoms with Gasteiger partial charge >= 0.3 is 0 Å². The van der Waals surface area contributed by atoms with E-state index in [0.29, 0.717) is 11.3 Å². The minimum absolute atomic E-state index is 0.127. The highest BCUT2D eigenvalue weighted by atomic mass is 16.2. The topological polar surface area (TPSA) is 95.6 Å². The molecular weight excluding hydrogens is 358 g/mol. The molecule has 1 aliphatic heterocycles. The molecule has 1 heterocycles. The van der Waals surface area contributed by atoms with E-state index in [1.54, 1.807) is 24.3 Å². The smallest absolute Gasteiger partial charge is 0.253 e. The van der Waals surface area contributed by atoms with Crippen LogP contribution in [0.5, 0.6) is 0 Å². The summed E-state index contributed by atoms with van der Waals surface area (Å²) in [5.74, 6) is -1.58. The number of carbonyl (C=O) groups is 4. The van der Waals surface area contributed by atoms with Crippen LogP contribution in [0.2, 0.25) is 0 Å². The summed E-state index contributed by atoms with van der Waals surface area (Å²) in [6.45, 7) is 1.52. The predicted octanol–water partition coefficient (Wildman–Crippen LogP) is 2.27. The maximum Gasteiger partial charge on any atom is 0.253 e. The zero-order chi connectivity index (χ0) is 20.1. The molecule has 0 bridgehead atoms. The Morgan fingerprint density at radius 3 is 2.25 bits per heavy atom. The van der Waals surface area contributed by atoms with Gasteiger partial charge in [-0.2, -0.15) is 0 Å². The molecule has 2 aromatic carbocycles. The molecule has 0 aromatic heterocycles. The molecule has 0 unspecified atom stereocenters. The van der Waals surface area contributed by atoms with Gasteiger partial charge in [-0.25, -0.2) is 0 Å². The number of imide groups is 1. The molecule has 0 spiro atoms. The van der Waals surface area contributed by atoms with Gasteiger partial charge < -0.3 is 10.6 Å². The van der Waals surface area contributed by atoms with Crippen molar-refractivity contribution in [3.63, 3.8) is 0 Å². The molecule has 2 aromatic rings. The van der Waals surface area contributed by atoms with E-state index in [-0.39, 0.29) is 43.1 Å². The van der Waals surface area contributed by atoms with E-state index in [2.05, 4.69) is 10.6 Å². The van der Waals surface area contributed by atoms with Crippen LogP contribution in [-0.4, -0.2) is 35.1 Å². The van der Waals surface area contributed by atoms with Crippen molar-refractivity contribution >= 4 is 29.3 Å². The van der Waals surface area contributed by atoms with Gasteiger partial charge in [-0.1, -0.05) is 42.5 Å². The SMILES string of the molecule is C[C@H](NC(=O)c1ccccc1NC(=O)CN1C(=O)CCC1=O)c1ccccc1. The number of nitrogens with zero attached hydrogens (tertiary/aromatic N) is 1. The minimum Gasteiger partial charge on any atom is -0.345 e. The second-order valence-electron chi connectivity index (χ2n) is 6.57. The van der Waals surface area contributed by atoms with Crippen LogP contribution in [0.3, 0.4) is 0 Å². The van der Waals surface area contributed by atoms with Crippen molar-refractivity contribution in [3.05, 3.63) is 65.7 Å². The van der Waals surface area contributed by atoms with E-state index >= 15 is 0 Å². The van der Waals surface area contributed by atoms with Gasteiger partial charge in [0.2, 0.25) is 17.7 Å². The van der Waals surface area contributed by atoms with Gasteiger partial charge in [-0.05, 0) is 24.6 Å². The molecule has 1 atom stereocenters. The normalized spacial score (nSPS) is 14.7. The van der Waals surface area contributed by atoms with Gasteiger partial charge in [0.15, 0.2) is 0 Å². The second-order valence-corrected chi connectivity index (χ2v) is 6.57. The summed E-state index contributed by atoms with van der Waals surface area (Å²) in [6.07, 6.45) is 0.255. The first kappa shape index (κ1) is 19.3. The summed E-state index contributed by atoms with van der Waals surface area (Å²) in [4.78, 5) is 49.3. The lowest BCUT2D eigenvalue weighted by Crippen LogP contribution is -2.37. The highest BCUT2D eigenvalue weighted by Gasteiger charge is 2.30. The summed E-state index contributed by atoms with van der Waals surface area (Å²) in [6, 6.07) is 15.9. The molecule has 0 aliphatic carbocycles. The average Bonchev–Trinajstić information content (AvgIpc) is 3.01. The van der Waals surface area contributed by atoms with Crippen LogP contribution in [0, 0.1) is 0 Å². The van der Waals surface area contributed by atoms with Crippen molar-refractivity contribution in [1.82, 2.24) is 10.2 Å². The zero-order valence-corrected chi connectivity index (χ0v) is 15.5. The first-order valence-electron chi connectivity index (χ1n) is 9.03. The van der Waals surface area contributed by atoms with E-state index < -0.39 is 5.91 Å². The fraction of sp³-hybridized carbons (Fsp3) is 0.238. The van der Waals surface area contributed by atoms with Gasteiger partial charge in [0.1, 0.15) is 6.54 Å². The van der Waals surface area contributed by atoms with Crippen LogP contribution in [0.25, 0.3) is 0 Å². The van der Waals surface area contributed by atoms with Crippen LogP contribution in [0.1, 0.15) is 41.7 Å². The van der Waals surface area contributed by atoms with Gasteiger partial charge in [0.05, 0.1) is 17.3 Å². The molecule has 7 heteroatoms. The number of para-hydroxylation sites is 1. The lowest BCUT2D eigenvalue weighted by Gasteiger charge is -2.17. The molecule has 1 fully saturated rings. The minimum atomic E-state index is -0.528. The highest BCUT2D eigenvalue weighted by Crippen LogP contribution is 2.18. The second kappa shape index (κ2) is 8.47. The maximum atomic E-state index is 12.7. The first-order valence-corrected chi connectivity index (χ1v) is 9.03. The number of hydrogen-bond acceptors (Lipinski definition) is 4. The molecule has 1 saturated heterocycles. The first-order chi connectivity index (χ1) is 13.5. The number of likely N-dealkylation sites (tertiary alicyclic amines) is 1. The lowest BCUT2D eigenvalue weighted by molar-refractivity contribution is -0.141. The van der Waals surface area contributed by atoms with Gasteiger partial charge in [0, 0.05) is 12.8 Å². The van der Waals surface area contributed by atoms with E-state index in [4.69, 9.17) is 0 Å². The number of benzene rings is 2. The third-order valence-corrected chi connectivity index (χ3v) is 4.55. The number of hydrogen-bond donors (Lipinski definition) is 2. The van der Waals surface area contributed by atoms with Gasteiger partial charge in [0.25, 0.3) is 5.91 Å². The molecular formula is C21H21N3O4. The fourth-order valence-electron chi connectivity index (χ4n) is 3.02. The van der Waals surface area contributed by atoms with Crippen molar-refractivity contribution in [3.8, 4) is 0 Å². The lowest BCUT2D eigenvalue weighted by atomic mass is 10.1. The van der Waals surface area contributed by atoms with Crippen LogP contribution >= 0.6 is 0 Å². The monoisotopic (exact) mass is 379 g/mol. The number of carbonyl (C=O) groups excluding carboxylic acids is 4. The quantitative estimate of drug-likeness (QED) is 0.753. The summed E-state index contributed by atoms with van der Waals surface area (Å²) in [7, 11) is 0. The summed E-state index contributed by atoms with van der Waals surface area (Å²) in [5.41, 5.74) is 1.59. The van der Waals surface area contributed by atoms with Crippen molar-refractivity contribution in [2.24, 2.45) is 0 Å². The van der Waals surface area contributed by atoms with E-state index in [1.165, 1.54) is 0 Å². The van der Waals surface area contributed by atoms with Crippen LogP contribution in [0.15, 0.2) is 54.6 Å². The van der Waals surface area contributed by atoms with Crippen molar-refractivity contribution in [2.75, 3.05) is 11.9 Å². The Morgan fingerprint density at radius 1 is 0.964 bits per heavy atom. The largest absolute Gasteiger partial charge is 0.345 e. The predicted molar refractivity (Wildman–Crippen MR) is 103 cm³/mol. The van der Waals surface area contributed by atoms with E-state index in [0.717, 1.165) is 10.5 Å². The third kappa shape index (κ3) is 4.43. The van der Waals surface area contributed by atoms with Crippen molar-refractivity contribution in [1.29, 1.82) is 0 Å². The third-order valence-electron chi connectivity index (χ3n) is 4.55. The Morgan fingerprint density at radius 2 is 1.57 bits per heavy atom. The van der Waals surface area contributed by atoms with Crippen LogP contribution in [0.4, 0.5) is 5.69 Å². The van der Waals surface area contributed by atoms with Crippen molar-refractivity contribution in [2.45, 2.75) is 25.8 Å². The molecule has 3 rings (SSSR count). The van der Waals surface area contributed by atoms with Gasteiger partial charge in [-0.3, -0.25) is 24.1 Å². The highest BCUT2D eigenvalue weighted by molar-refractivity contribution is 6.08. The van der Waals surface area contributed by atoms with Crippen LogP contribution < -0.4 is 10.6 Å². The molecule has 0 saturated carbocycles. The Kier molecular flexibility index (Phi) is 5.84. The average molecular weight is 379 g/mol. The molecule has 0 radical (unpaired) electrons. The summed E-state index contributed by atoms with van der Waals surface area (Å²) >= 11 is 0. The standard InChI is InChI=1S/C21H21N3O4/c1-14(15-7-3-2-4-8-15)22-21(28)16-9-5-6-10-17(16)23-18(25)13-24-19(26)11-12-20(24)27/h2-10,14H,11-13H2,1H3,(H,22,28)(H,23,25)/t14-/m0/s1. The van der Waals surface area contributed by atoms with Crippen molar-refractivity contribution < 1.29 is 19.2 Å². The number of nitrogens with one attached hydrogen (secondary N) is 2. The number of rotatable bonds is 6. The summed E-state index contributed by atoms with van der Waals surface area (Å²) in [5, 5.41) is 5.53. The molecule has 1 aliphatic rings. The maximum absolute atomic E-state index is 12.7. The van der Waals surface area contributed by atoms with E-state index in [9.17, 15) is 19.2 Å². The molecule has 7 nitrogen and oxygen atoms in total. The number of amides is 4. The summed E-state index contributed by atoms with van der Waals surface area (Å²) < 4.78 is 0. The Hall–Kier alpha value is -3.48.